The van der Waals surface area contributed by atoms with Crippen LogP contribution in [0, 0.1) is 9.49 Å². The Morgan fingerprint density at radius 3 is 2.56 bits per heavy atom. The first-order valence-corrected chi connectivity index (χ1v) is 9.65. The van der Waals surface area contributed by atoms with Crippen molar-refractivity contribution in [1.82, 2.24) is 19.7 Å². The van der Waals surface area contributed by atoms with Crippen LogP contribution in [0.25, 0.3) is 11.0 Å². The Kier molecular flexibility index (Phi) is 4.49. The predicted molar refractivity (Wildman–Crippen MR) is 109 cm³/mol. The second kappa shape index (κ2) is 6.78. The molecule has 0 bridgehead atoms. The number of benzene rings is 1. The highest BCUT2D eigenvalue weighted by Gasteiger charge is 2.20. The van der Waals surface area contributed by atoms with E-state index in [2.05, 4.69) is 69.1 Å². The lowest BCUT2D eigenvalue weighted by atomic mass is 10.00. The summed E-state index contributed by atoms with van der Waals surface area (Å²) in [5, 5.41) is 8.75. The SMILES string of the molecule is CC1CCN(c2nc(Nc3ccc(I)cc3)c3cnn(C)c3n2)CC1. The van der Waals surface area contributed by atoms with Gasteiger partial charge in [-0.15, -0.1) is 0 Å². The van der Waals surface area contributed by atoms with E-state index in [0.29, 0.717) is 0 Å². The van der Waals surface area contributed by atoms with Crippen LogP contribution in [0.4, 0.5) is 17.5 Å². The highest BCUT2D eigenvalue weighted by Crippen LogP contribution is 2.28. The molecule has 25 heavy (non-hydrogen) atoms. The molecule has 0 amide bonds. The molecule has 1 fully saturated rings. The Bertz CT molecular complexity index is 880. The van der Waals surface area contributed by atoms with Crippen LogP contribution in [0.1, 0.15) is 19.8 Å². The van der Waals surface area contributed by atoms with E-state index in [-0.39, 0.29) is 0 Å². The van der Waals surface area contributed by atoms with Crippen molar-refractivity contribution < 1.29 is 0 Å². The van der Waals surface area contributed by atoms with Gasteiger partial charge >= 0.3 is 0 Å². The minimum Gasteiger partial charge on any atom is -0.341 e. The molecular formula is C18H21IN6. The maximum Gasteiger partial charge on any atom is 0.229 e. The number of piperidine rings is 1. The van der Waals surface area contributed by atoms with Crippen LogP contribution in [-0.4, -0.2) is 32.8 Å². The van der Waals surface area contributed by atoms with E-state index in [4.69, 9.17) is 9.97 Å². The number of aromatic nitrogens is 4. The molecular weight excluding hydrogens is 427 g/mol. The van der Waals surface area contributed by atoms with Crippen LogP contribution >= 0.6 is 22.6 Å². The summed E-state index contributed by atoms with van der Waals surface area (Å²) in [6.45, 7) is 4.33. The minimum atomic E-state index is 0.779. The molecule has 0 aliphatic carbocycles. The number of anilines is 3. The molecule has 3 heterocycles. The van der Waals surface area contributed by atoms with Crippen molar-refractivity contribution in [2.24, 2.45) is 13.0 Å². The van der Waals surface area contributed by atoms with Crippen molar-refractivity contribution in [2.45, 2.75) is 19.8 Å². The number of fused-ring (bicyclic) bond motifs is 1. The van der Waals surface area contributed by atoms with Crippen LogP contribution in [-0.2, 0) is 7.05 Å². The number of nitrogens with one attached hydrogen (secondary N) is 1. The first-order chi connectivity index (χ1) is 12.1. The van der Waals surface area contributed by atoms with Gasteiger partial charge < -0.3 is 10.2 Å². The summed E-state index contributed by atoms with van der Waals surface area (Å²) >= 11 is 2.31. The van der Waals surface area contributed by atoms with Gasteiger partial charge in [-0.2, -0.15) is 15.1 Å². The smallest absolute Gasteiger partial charge is 0.229 e. The molecule has 130 valence electrons. The third kappa shape index (κ3) is 3.42. The highest BCUT2D eigenvalue weighted by atomic mass is 127. The van der Waals surface area contributed by atoms with Crippen molar-refractivity contribution in [3.63, 3.8) is 0 Å². The number of halogens is 1. The van der Waals surface area contributed by atoms with Crippen LogP contribution in [0.2, 0.25) is 0 Å². The van der Waals surface area contributed by atoms with Gasteiger partial charge in [-0.3, -0.25) is 4.68 Å². The molecule has 6 nitrogen and oxygen atoms in total. The Morgan fingerprint density at radius 1 is 1.12 bits per heavy atom. The number of rotatable bonds is 3. The zero-order chi connectivity index (χ0) is 17.4. The number of hydrogen-bond acceptors (Lipinski definition) is 5. The summed E-state index contributed by atoms with van der Waals surface area (Å²) in [5.41, 5.74) is 1.87. The van der Waals surface area contributed by atoms with E-state index in [1.807, 2.05) is 17.9 Å². The number of hydrogen-bond donors (Lipinski definition) is 1. The third-order valence-corrected chi connectivity index (χ3v) is 5.47. The molecule has 4 rings (SSSR count). The molecule has 0 atom stereocenters. The molecule has 1 aliphatic rings. The molecule has 3 aromatic rings. The lowest BCUT2D eigenvalue weighted by Gasteiger charge is -2.30. The Labute approximate surface area is 160 Å². The van der Waals surface area contributed by atoms with Gasteiger partial charge in [0.25, 0.3) is 0 Å². The molecule has 0 saturated carbocycles. The van der Waals surface area contributed by atoms with Gasteiger partial charge in [-0.25, -0.2) is 0 Å². The largest absolute Gasteiger partial charge is 0.341 e. The maximum absolute atomic E-state index is 4.83. The van der Waals surface area contributed by atoms with Gasteiger partial charge in [-0.1, -0.05) is 6.92 Å². The van der Waals surface area contributed by atoms with Gasteiger partial charge in [0.05, 0.1) is 11.6 Å². The second-order valence-corrected chi connectivity index (χ2v) is 7.92. The molecule has 1 aromatic carbocycles. The summed E-state index contributed by atoms with van der Waals surface area (Å²) in [6, 6.07) is 8.29. The van der Waals surface area contributed by atoms with Crippen molar-refractivity contribution in [2.75, 3.05) is 23.3 Å². The minimum absolute atomic E-state index is 0.779. The molecule has 1 aliphatic heterocycles. The van der Waals surface area contributed by atoms with Crippen molar-refractivity contribution in [3.05, 3.63) is 34.0 Å². The fraction of sp³-hybridized carbons (Fsp3) is 0.389. The van der Waals surface area contributed by atoms with Crippen molar-refractivity contribution in [3.8, 4) is 0 Å². The van der Waals surface area contributed by atoms with E-state index in [1.54, 1.807) is 0 Å². The molecule has 1 N–H and O–H groups in total. The van der Waals surface area contributed by atoms with Gasteiger partial charge in [0.15, 0.2) is 5.65 Å². The fourth-order valence-corrected chi connectivity index (χ4v) is 3.49. The molecule has 1 saturated heterocycles. The van der Waals surface area contributed by atoms with Gasteiger partial charge in [0.2, 0.25) is 5.95 Å². The predicted octanol–water partition coefficient (Wildman–Crippen LogP) is 3.95. The monoisotopic (exact) mass is 448 g/mol. The zero-order valence-electron chi connectivity index (χ0n) is 14.4. The van der Waals surface area contributed by atoms with Crippen LogP contribution in [0.3, 0.4) is 0 Å². The lowest BCUT2D eigenvalue weighted by Crippen LogP contribution is -2.34. The maximum atomic E-state index is 4.83. The first kappa shape index (κ1) is 16.6. The lowest BCUT2D eigenvalue weighted by molar-refractivity contribution is 0.434. The van der Waals surface area contributed by atoms with Crippen molar-refractivity contribution >= 4 is 51.1 Å². The number of aryl methyl sites for hydroxylation is 1. The standard InChI is InChI=1S/C18H21IN6/c1-12-7-9-25(10-8-12)18-22-16(15-11-20-24(2)17(15)23-18)21-14-5-3-13(19)4-6-14/h3-6,11-12H,7-10H2,1-2H3,(H,21,22,23). The van der Waals surface area contributed by atoms with Gasteiger partial charge in [0, 0.05) is 29.4 Å². The van der Waals surface area contributed by atoms with Crippen LogP contribution in [0.5, 0.6) is 0 Å². The average molecular weight is 448 g/mol. The summed E-state index contributed by atoms with van der Waals surface area (Å²) < 4.78 is 3.02. The summed E-state index contributed by atoms with van der Waals surface area (Å²) in [7, 11) is 1.92. The average Bonchev–Trinajstić information content (AvgIpc) is 2.99. The van der Waals surface area contributed by atoms with E-state index >= 15 is 0 Å². The molecule has 7 heteroatoms. The van der Waals surface area contributed by atoms with E-state index in [9.17, 15) is 0 Å². The molecule has 0 unspecified atom stereocenters. The molecule has 0 radical (unpaired) electrons. The van der Waals surface area contributed by atoms with Crippen molar-refractivity contribution in [1.29, 1.82) is 0 Å². The number of nitrogens with zero attached hydrogens (tertiary/aromatic N) is 5. The molecule has 0 spiro atoms. The Morgan fingerprint density at radius 2 is 1.84 bits per heavy atom. The summed E-state index contributed by atoms with van der Waals surface area (Å²) in [5.74, 6) is 2.38. The Hall–Kier alpha value is -1.90. The normalized spacial score (nSPS) is 15.7. The summed E-state index contributed by atoms with van der Waals surface area (Å²) in [4.78, 5) is 11.9. The zero-order valence-corrected chi connectivity index (χ0v) is 16.6. The van der Waals surface area contributed by atoms with Gasteiger partial charge in [0.1, 0.15) is 5.82 Å². The Balaban J connectivity index is 1.72. The topological polar surface area (TPSA) is 58.9 Å². The van der Waals surface area contributed by atoms with Crippen LogP contribution < -0.4 is 10.2 Å². The van der Waals surface area contributed by atoms with Crippen LogP contribution in [0.15, 0.2) is 30.5 Å². The van der Waals surface area contributed by atoms with E-state index in [1.165, 1.54) is 16.4 Å². The quantitative estimate of drug-likeness (QED) is 0.616. The third-order valence-electron chi connectivity index (χ3n) is 4.75. The van der Waals surface area contributed by atoms with E-state index < -0.39 is 0 Å². The fourth-order valence-electron chi connectivity index (χ4n) is 3.13. The first-order valence-electron chi connectivity index (χ1n) is 8.57. The van der Waals surface area contributed by atoms with E-state index in [0.717, 1.165) is 47.5 Å². The molecule has 2 aromatic heterocycles. The second-order valence-electron chi connectivity index (χ2n) is 6.68. The highest BCUT2D eigenvalue weighted by molar-refractivity contribution is 14.1. The van der Waals surface area contributed by atoms with Gasteiger partial charge in [-0.05, 0) is 65.6 Å². The summed E-state index contributed by atoms with van der Waals surface area (Å²) in [6.07, 6.45) is 4.20.